The van der Waals surface area contributed by atoms with Crippen LogP contribution in [0.2, 0.25) is 0 Å². The summed E-state index contributed by atoms with van der Waals surface area (Å²) in [5.41, 5.74) is 1.01. The Morgan fingerprint density at radius 3 is 2.70 bits per heavy atom. The molecule has 4 nitrogen and oxygen atoms in total. The van der Waals surface area contributed by atoms with Gasteiger partial charge in [0.05, 0.1) is 6.54 Å². The SMILES string of the molecule is C#CCNC1CCN(C(=O)OCc2ccccc2)CC1. The number of rotatable bonds is 4. The summed E-state index contributed by atoms with van der Waals surface area (Å²) in [7, 11) is 0. The molecule has 0 saturated carbocycles. The van der Waals surface area contributed by atoms with E-state index < -0.39 is 0 Å². The Morgan fingerprint density at radius 1 is 1.35 bits per heavy atom. The molecule has 0 spiro atoms. The van der Waals surface area contributed by atoms with Gasteiger partial charge in [0.1, 0.15) is 6.61 Å². The number of benzene rings is 1. The zero-order valence-electron chi connectivity index (χ0n) is 11.5. The van der Waals surface area contributed by atoms with Crippen molar-refractivity contribution in [3.63, 3.8) is 0 Å². The molecule has 2 rings (SSSR count). The first-order valence-electron chi connectivity index (χ1n) is 6.92. The van der Waals surface area contributed by atoms with Crippen molar-refractivity contribution in [1.82, 2.24) is 10.2 Å². The molecule has 1 amide bonds. The van der Waals surface area contributed by atoms with E-state index in [1.807, 2.05) is 30.3 Å². The molecular weight excluding hydrogens is 252 g/mol. The van der Waals surface area contributed by atoms with Crippen LogP contribution in [0.4, 0.5) is 4.79 Å². The first kappa shape index (κ1) is 14.4. The molecule has 1 N–H and O–H groups in total. The van der Waals surface area contributed by atoms with E-state index in [1.54, 1.807) is 4.90 Å². The summed E-state index contributed by atoms with van der Waals surface area (Å²) in [6.45, 7) is 2.35. The minimum absolute atomic E-state index is 0.232. The van der Waals surface area contributed by atoms with Crippen LogP contribution >= 0.6 is 0 Å². The number of hydrogen-bond acceptors (Lipinski definition) is 3. The second-order valence-electron chi connectivity index (χ2n) is 4.89. The van der Waals surface area contributed by atoms with Crippen molar-refractivity contribution in [3.05, 3.63) is 35.9 Å². The highest BCUT2D eigenvalue weighted by Crippen LogP contribution is 2.12. The minimum atomic E-state index is -0.232. The van der Waals surface area contributed by atoms with Gasteiger partial charge in [-0.25, -0.2) is 4.79 Å². The zero-order valence-corrected chi connectivity index (χ0v) is 11.5. The van der Waals surface area contributed by atoms with Gasteiger partial charge in [-0.1, -0.05) is 36.3 Å². The number of ether oxygens (including phenoxy) is 1. The van der Waals surface area contributed by atoms with Crippen LogP contribution in [0, 0.1) is 12.3 Å². The average Bonchev–Trinajstić information content (AvgIpc) is 2.52. The number of amides is 1. The van der Waals surface area contributed by atoms with Crippen molar-refractivity contribution in [2.24, 2.45) is 0 Å². The molecule has 1 heterocycles. The monoisotopic (exact) mass is 272 g/mol. The molecule has 20 heavy (non-hydrogen) atoms. The number of piperidine rings is 1. The third-order valence-corrected chi connectivity index (χ3v) is 3.45. The summed E-state index contributed by atoms with van der Waals surface area (Å²) in [5.74, 6) is 2.57. The van der Waals surface area contributed by atoms with Crippen LogP contribution in [0.1, 0.15) is 18.4 Å². The second kappa shape index (κ2) is 7.56. The number of nitrogens with zero attached hydrogens (tertiary/aromatic N) is 1. The van der Waals surface area contributed by atoms with Gasteiger partial charge in [0.15, 0.2) is 0 Å². The highest BCUT2D eigenvalue weighted by Gasteiger charge is 2.23. The van der Waals surface area contributed by atoms with Crippen molar-refractivity contribution in [1.29, 1.82) is 0 Å². The molecule has 4 heteroatoms. The van der Waals surface area contributed by atoms with Crippen molar-refractivity contribution < 1.29 is 9.53 Å². The Balaban J connectivity index is 1.71. The molecule has 1 aromatic rings. The Morgan fingerprint density at radius 2 is 2.05 bits per heavy atom. The lowest BCUT2D eigenvalue weighted by Crippen LogP contribution is -2.45. The van der Waals surface area contributed by atoms with Crippen molar-refractivity contribution in [3.8, 4) is 12.3 Å². The molecule has 1 aromatic carbocycles. The summed E-state index contributed by atoms with van der Waals surface area (Å²) in [6, 6.07) is 10.1. The van der Waals surface area contributed by atoms with Gasteiger partial charge in [-0.3, -0.25) is 0 Å². The molecular formula is C16H20N2O2. The fraction of sp³-hybridized carbons (Fsp3) is 0.438. The Labute approximate surface area is 120 Å². The summed E-state index contributed by atoms with van der Waals surface area (Å²) < 4.78 is 5.32. The normalized spacial score (nSPS) is 15.7. The van der Waals surface area contributed by atoms with E-state index in [2.05, 4.69) is 11.2 Å². The van der Waals surface area contributed by atoms with Crippen molar-refractivity contribution in [2.45, 2.75) is 25.5 Å². The predicted molar refractivity (Wildman–Crippen MR) is 78.1 cm³/mol. The maximum atomic E-state index is 11.9. The van der Waals surface area contributed by atoms with Gasteiger partial charge in [0.25, 0.3) is 0 Å². The Hall–Kier alpha value is -1.99. The summed E-state index contributed by atoms with van der Waals surface area (Å²) in [5, 5.41) is 3.27. The van der Waals surface area contributed by atoms with Gasteiger partial charge < -0.3 is 15.0 Å². The van der Waals surface area contributed by atoms with Gasteiger partial charge >= 0.3 is 6.09 Å². The lowest BCUT2D eigenvalue weighted by atomic mass is 10.1. The lowest BCUT2D eigenvalue weighted by Gasteiger charge is -2.31. The summed E-state index contributed by atoms with van der Waals surface area (Å²) in [6.07, 6.45) is 6.82. The molecule has 1 saturated heterocycles. The number of nitrogens with one attached hydrogen (secondary N) is 1. The largest absolute Gasteiger partial charge is 0.445 e. The van der Waals surface area contributed by atoms with E-state index in [4.69, 9.17) is 11.2 Å². The Bertz CT molecular complexity index is 459. The lowest BCUT2D eigenvalue weighted by molar-refractivity contribution is 0.0856. The number of terminal acetylenes is 1. The molecule has 1 aliphatic heterocycles. The average molecular weight is 272 g/mol. The van der Waals surface area contributed by atoms with Gasteiger partial charge in [0, 0.05) is 19.1 Å². The first-order valence-corrected chi connectivity index (χ1v) is 6.92. The van der Waals surface area contributed by atoms with E-state index in [0.29, 0.717) is 19.2 Å². The zero-order chi connectivity index (χ0) is 14.2. The van der Waals surface area contributed by atoms with Gasteiger partial charge in [-0.05, 0) is 18.4 Å². The van der Waals surface area contributed by atoms with E-state index in [0.717, 1.165) is 31.5 Å². The van der Waals surface area contributed by atoms with E-state index in [9.17, 15) is 4.79 Å². The maximum absolute atomic E-state index is 11.9. The molecule has 0 aliphatic carbocycles. The maximum Gasteiger partial charge on any atom is 0.410 e. The Kier molecular flexibility index (Phi) is 5.45. The van der Waals surface area contributed by atoms with Gasteiger partial charge in [-0.2, -0.15) is 0 Å². The van der Waals surface area contributed by atoms with Gasteiger partial charge in [-0.15, -0.1) is 6.42 Å². The molecule has 1 fully saturated rings. The van der Waals surface area contributed by atoms with E-state index in [1.165, 1.54) is 0 Å². The molecule has 0 unspecified atom stereocenters. The van der Waals surface area contributed by atoms with Crippen LogP contribution in [-0.4, -0.2) is 36.7 Å². The minimum Gasteiger partial charge on any atom is -0.445 e. The molecule has 0 radical (unpaired) electrons. The fourth-order valence-corrected chi connectivity index (χ4v) is 2.28. The predicted octanol–water partition coefficient (Wildman–Crippen LogP) is 2.01. The summed E-state index contributed by atoms with van der Waals surface area (Å²) >= 11 is 0. The van der Waals surface area contributed by atoms with Crippen LogP contribution in [0.3, 0.4) is 0 Å². The van der Waals surface area contributed by atoms with Gasteiger partial charge in [0.2, 0.25) is 0 Å². The quantitative estimate of drug-likeness (QED) is 0.853. The number of likely N-dealkylation sites (tertiary alicyclic amines) is 1. The smallest absolute Gasteiger partial charge is 0.410 e. The molecule has 1 aliphatic rings. The third-order valence-electron chi connectivity index (χ3n) is 3.45. The van der Waals surface area contributed by atoms with Crippen molar-refractivity contribution >= 4 is 6.09 Å². The molecule has 0 aromatic heterocycles. The molecule has 0 bridgehead atoms. The molecule has 106 valence electrons. The van der Waals surface area contributed by atoms with Crippen LogP contribution in [0.5, 0.6) is 0 Å². The number of hydrogen-bond donors (Lipinski definition) is 1. The highest BCUT2D eigenvalue weighted by atomic mass is 16.6. The molecule has 0 atom stereocenters. The number of carbonyl (C=O) groups excluding carboxylic acids is 1. The standard InChI is InChI=1S/C16H20N2O2/c1-2-10-17-15-8-11-18(12-9-15)16(19)20-13-14-6-4-3-5-7-14/h1,3-7,15,17H,8-13H2. The third kappa shape index (κ3) is 4.29. The van der Waals surface area contributed by atoms with E-state index in [-0.39, 0.29) is 6.09 Å². The number of carbonyl (C=O) groups is 1. The van der Waals surface area contributed by atoms with Crippen LogP contribution in [0.25, 0.3) is 0 Å². The second-order valence-corrected chi connectivity index (χ2v) is 4.89. The fourth-order valence-electron chi connectivity index (χ4n) is 2.28. The van der Waals surface area contributed by atoms with Crippen LogP contribution in [0.15, 0.2) is 30.3 Å². The highest BCUT2D eigenvalue weighted by molar-refractivity contribution is 5.67. The topological polar surface area (TPSA) is 41.6 Å². The van der Waals surface area contributed by atoms with Crippen LogP contribution < -0.4 is 5.32 Å². The van der Waals surface area contributed by atoms with Crippen molar-refractivity contribution in [2.75, 3.05) is 19.6 Å². The van der Waals surface area contributed by atoms with E-state index >= 15 is 0 Å². The van der Waals surface area contributed by atoms with Crippen LogP contribution in [-0.2, 0) is 11.3 Å². The first-order chi connectivity index (χ1) is 9.79. The summed E-state index contributed by atoms with van der Waals surface area (Å²) in [4.78, 5) is 13.7.